The normalized spacial score (nSPS) is 13.6. The molecule has 1 aliphatic rings. The van der Waals surface area contributed by atoms with E-state index in [0.29, 0.717) is 18.3 Å². The van der Waals surface area contributed by atoms with Crippen LogP contribution in [0, 0.1) is 0 Å². The Hall–Kier alpha value is -4.07. The Labute approximate surface area is 204 Å². The number of carboxylic acid groups (broad SMARTS) is 1. The van der Waals surface area contributed by atoms with Crippen molar-refractivity contribution >= 4 is 17.4 Å². The van der Waals surface area contributed by atoms with E-state index in [-0.39, 0.29) is 0 Å². The number of nitrogens with two attached hydrogens (primary N) is 1. The maximum atomic E-state index is 9.26. The second-order valence-electron chi connectivity index (χ2n) is 8.54. The van der Waals surface area contributed by atoms with Crippen LogP contribution in [0.25, 0.3) is 16.8 Å². The van der Waals surface area contributed by atoms with E-state index in [0.717, 1.165) is 33.9 Å². The van der Waals surface area contributed by atoms with Gasteiger partial charge in [-0.05, 0) is 30.5 Å². The highest BCUT2D eigenvalue weighted by Gasteiger charge is 2.24. The minimum atomic E-state index is -0.995. The molecule has 0 atom stereocenters. The van der Waals surface area contributed by atoms with Gasteiger partial charge < -0.3 is 20.9 Å². The molecule has 1 aliphatic carbocycles. The molecule has 2 heterocycles. The number of fused-ring (bicyclic) bond motifs is 1. The van der Waals surface area contributed by atoms with Crippen molar-refractivity contribution in [2.75, 3.05) is 12.8 Å². The summed E-state index contributed by atoms with van der Waals surface area (Å²) in [6, 6.07) is 18.3. The molecule has 182 valence electrons. The molecule has 2 aromatic carbocycles. The van der Waals surface area contributed by atoms with Crippen LogP contribution < -0.4 is 15.8 Å². The molecular formula is C27H31N5O3. The van der Waals surface area contributed by atoms with Gasteiger partial charge in [0.25, 0.3) is 0 Å². The first-order valence-corrected chi connectivity index (χ1v) is 11.9. The molecule has 2 aromatic heterocycles. The summed E-state index contributed by atoms with van der Waals surface area (Å²) >= 11 is 0. The van der Waals surface area contributed by atoms with Crippen molar-refractivity contribution in [1.82, 2.24) is 19.7 Å². The Morgan fingerprint density at radius 3 is 2.60 bits per heavy atom. The highest BCUT2D eigenvalue weighted by molar-refractivity contribution is 5.85. The average Bonchev–Trinajstić information content (AvgIpc) is 3.30. The summed E-state index contributed by atoms with van der Waals surface area (Å²) in [6.45, 7) is 0.533. The van der Waals surface area contributed by atoms with E-state index in [9.17, 15) is 4.79 Å². The molecule has 1 fully saturated rings. The SMILES string of the molecule is CNC(=O)O.Nc1nccn2c(C3CCCCC3)nc(-c3cccc(OCc4ccccc4)c3)c12. The Bertz CT molecular complexity index is 1270. The summed E-state index contributed by atoms with van der Waals surface area (Å²) in [6.07, 6.45) is 8.96. The van der Waals surface area contributed by atoms with Crippen LogP contribution in [0.5, 0.6) is 5.75 Å². The largest absolute Gasteiger partial charge is 0.489 e. The van der Waals surface area contributed by atoms with Gasteiger partial charge in [-0.2, -0.15) is 0 Å². The van der Waals surface area contributed by atoms with Gasteiger partial charge >= 0.3 is 6.09 Å². The van der Waals surface area contributed by atoms with E-state index in [1.165, 1.54) is 39.2 Å². The zero-order valence-corrected chi connectivity index (χ0v) is 19.9. The van der Waals surface area contributed by atoms with Crippen LogP contribution in [-0.2, 0) is 6.61 Å². The maximum Gasteiger partial charge on any atom is 0.404 e. The summed E-state index contributed by atoms with van der Waals surface area (Å²) in [5, 5.41) is 9.56. The van der Waals surface area contributed by atoms with Gasteiger partial charge in [-0.3, -0.25) is 4.40 Å². The molecule has 0 radical (unpaired) electrons. The fourth-order valence-electron chi connectivity index (χ4n) is 4.41. The van der Waals surface area contributed by atoms with E-state index in [1.54, 1.807) is 6.20 Å². The predicted octanol–water partition coefficient (Wildman–Crippen LogP) is 5.49. The third-order valence-electron chi connectivity index (χ3n) is 6.15. The van der Waals surface area contributed by atoms with Crippen molar-refractivity contribution in [2.45, 2.75) is 44.6 Å². The number of nitrogens with zero attached hydrogens (tertiary/aromatic N) is 3. The topological polar surface area (TPSA) is 115 Å². The second kappa shape index (κ2) is 11.4. The number of hydrogen-bond acceptors (Lipinski definition) is 5. The van der Waals surface area contributed by atoms with Crippen molar-refractivity contribution in [2.24, 2.45) is 0 Å². The number of imidazole rings is 1. The zero-order valence-electron chi connectivity index (χ0n) is 19.9. The predicted molar refractivity (Wildman–Crippen MR) is 137 cm³/mol. The summed E-state index contributed by atoms with van der Waals surface area (Å²) < 4.78 is 8.18. The standard InChI is InChI=1S/C25H26N4O.C2H5NO2/c26-24-23-22(28-25(29(23)15-14-27-24)19-10-5-2-6-11-19)20-12-7-13-21(16-20)30-17-18-8-3-1-4-9-18;1-3-2(4)5/h1,3-4,7-9,12-16,19H,2,5-6,10-11,17H2,(H2,26,27);3H,1H3,(H,4,5). The number of nitrogens with one attached hydrogen (secondary N) is 1. The lowest BCUT2D eigenvalue weighted by molar-refractivity contribution is 0.197. The number of nitrogen functional groups attached to an aromatic ring is 1. The number of hydrogen-bond donors (Lipinski definition) is 3. The van der Waals surface area contributed by atoms with E-state index >= 15 is 0 Å². The molecule has 8 heteroatoms. The van der Waals surface area contributed by atoms with Crippen molar-refractivity contribution in [3.8, 4) is 17.0 Å². The monoisotopic (exact) mass is 473 g/mol. The van der Waals surface area contributed by atoms with Gasteiger partial charge in [-0.25, -0.2) is 14.8 Å². The summed E-state index contributed by atoms with van der Waals surface area (Å²) in [5.41, 5.74) is 10.2. The number of amides is 1. The number of rotatable bonds is 5. The highest BCUT2D eigenvalue weighted by Crippen LogP contribution is 2.37. The van der Waals surface area contributed by atoms with Gasteiger partial charge in [0.05, 0.1) is 0 Å². The van der Waals surface area contributed by atoms with Crippen LogP contribution in [-0.4, -0.2) is 32.6 Å². The number of ether oxygens (including phenoxy) is 1. The first-order chi connectivity index (χ1) is 17.1. The maximum absolute atomic E-state index is 9.26. The molecule has 8 nitrogen and oxygen atoms in total. The molecular weight excluding hydrogens is 442 g/mol. The van der Waals surface area contributed by atoms with Crippen molar-refractivity contribution in [3.05, 3.63) is 78.4 Å². The van der Waals surface area contributed by atoms with E-state index in [1.807, 2.05) is 47.9 Å². The fourth-order valence-corrected chi connectivity index (χ4v) is 4.41. The molecule has 0 aliphatic heterocycles. The van der Waals surface area contributed by atoms with Gasteiger partial charge in [0.15, 0.2) is 0 Å². The zero-order chi connectivity index (χ0) is 24.6. The van der Waals surface area contributed by atoms with Gasteiger partial charge in [0.1, 0.15) is 35.2 Å². The van der Waals surface area contributed by atoms with E-state index < -0.39 is 6.09 Å². The minimum Gasteiger partial charge on any atom is -0.489 e. The lowest BCUT2D eigenvalue weighted by Crippen LogP contribution is -2.13. The van der Waals surface area contributed by atoms with Gasteiger partial charge in [0, 0.05) is 30.9 Å². The Kier molecular flexibility index (Phi) is 7.82. The molecule has 35 heavy (non-hydrogen) atoms. The van der Waals surface area contributed by atoms with Crippen LogP contribution in [0.4, 0.5) is 10.6 Å². The van der Waals surface area contributed by atoms with E-state index in [2.05, 4.69) is 27.6 Å². The lowest BCUT2D eigenvalue weighted by atomic mass is 9.89. The quantitative estimate of drug-likeness (QED) is 0.353. The summed E-state index contributed by atoms with van der Waals surface area (Å²) in [4.78, 5) is 18.7. The second-order valence-corrected chi connectivity index (χ2v) is 8.54. The molecule has 1 saturated carbocycles. The number of aromatic nitrogens is 3. The molecule has 0 spiro atoms. The average molecular weight is 474 g/mol. The minimum absolute atomic E-state index is 0.472. The Morgan fingerprint density at radius 1 is 1.14 bits per heavy atom. The number of carbonyl (C=O) groups is 1. The van der Waals surface area contributed by atoms with Gasteiger partial charge in [-0.15, -0.1) is 0 Å². The first kappa shape index (κ1) is 24.1. The van der Waals surface area contributed by atoms with Crippen LogP contribution in [0.2, 0.25) is 0 Å². The highest BCUT2D eigenvalue weighted by atomic mass is 16.5. The van der Waals surface area contributed by atoms with Crippen LogP contribution in [0.3, 0.4) is 0 Å². The first-order valence-electron chi connectivity index (χ1n) is 11.9. The van der Waals surface area contributed by atoms with Crippen molar-refractivity contribution in [1.29, 1.82) is 0 Å². The molecule has 4 aromatic rings. The van der Waals surface area contributed by atoms with Crippen LogP contribution in [0.15, 0.2) is 67.0 Å². The molecule has 0 saturated heterocycles. The van der Waals surface area contributed by atoms with Crippen molar-refractivity contribution in [3.63, 3.8) is 0 Å². The fraction of sp³-hybridized carbons (Fsp3) is 0.296. The molecule has 5 rings (SSSR count). The number of anilines is 1. The van der Waals surface area contributed by atoms with Crippen LogP contribution in [0.1, 0.15) is 49.4 Å². The smallest absolute Gasteiger partial charge is 0.404 e. The summed E-state index contributed by atoms with van der Waals surface area (Å²) in [5.74, 6) is 2.90. The third kappa shape index (κ3) is 5.90. The molecule has 0 bridgehead atoms. The molecule has 0 unspecified atom stereocenters. The van der Waals surface area contributed by atoms with Gasteiger partial charge in [0.2, 0.25) is 0 Å². The molecule has 4 N–H and O–H groups in total. The third-order valence-corrected chi connectivity index (χ3v) is 6.15. The number of benzene rings is 2. The van der Waals surface area contributed by atoms with E-state index in [4.69, 9.17) is 20.6 Å². The lowest BCUT2D eigenvalue weighted by Gasteiger charge is -2.20. The molecule has 1 amide bonds. The Balaban J connectivity index is 0.000000527. The summed E-state index contributed by atoms with van der Waals surface area (Å²) in [7, 11) is 1.35. The van der Waals surface area contributed by atoms with Crippen molar-refractivity contribution < 1.29 is 14.6 Å². The van der Waals surface area contributed by atoms with Crippen LogP contribution >= 0.6 is 0 Å². The Morgan fingerprint density at radius 2 is 1.89 bits per heavy atom. The van der Waals surface area contributed by atoms with Gasteiger partial charge in [-0.1, -0.05) is 61.7 Å².